The third-order valence-electron chi connectivity index (χ3n) is 4.22. The molecule has 0 aromatic heterocycles. The highest BCUT2D eigenvalue weighted by Gasteiger charge is 2.41. The second kappa shape index (κ2) is 5.44. The van der Waals surface area contributed by atoms with Crippen LogP contribution in [0.5, 0.6) is 5.75 Å². The van der Waals surface area contributed by atoms with E-state index in [2.05, 4.69) is 38.2 Å². The van der Waals surface area contributed by atoms with E-state index in [0.29, 0.717) is 13.1 Å². The summed E-state index contributed by atoms with van der Waals surface area (Å²) < 4.78 is 5.91. The Balaban J connectivity index is 2.09. The normalized spacial score (nSPS) is 17.4. The minimum absolute atomic E-state index is 0.0300. The Morgan fingerprint density at radius 3 is 2.35 bits per heavy atom. The summed E-state index contributed by atoms with van der Waals surface area (Å²) in [5.74, 6) is -0.0846. The first-order valence-corrected chi connectivity index (χ1v) is 7.09. The third-order valence-corrected chi connectivity index (χ3v) is 4.22. The number of nitrogens with one attached hydrogen (secondary N) is 1. The van der Waals surface area contributed by atoms with E-state index >= 15 is 0 Å². The van der Waals surface area contributed by atoms with Crippen LogP contribution in [-0.4, -0.2) is 29.8 Å². The van der Waals surface area contributed by atoms with Crippen molar-refractivity contribution >= 4 is 5.97 Å². The summed E-state index contributed by atoms with van der Waals surface area (Å²) in [6, 6.07) is 8.02. The highest BCUT2D eigenvalue weighted by atomic mass is 16.5. The van der Waals surface area contributed by atoms with Crippen LogP contribution in [0, 0.1) is 0 Å². The molecule has 0 atom stereocenters. The highest BCUT2D eigenvalue weighted by molar-refractivity contribution is 5.68. The number of carboxylic acid groups (broad SMARTS) is 1. The first-order chi connectivity index (χ1) is 9.37. The maximum atomic E-state index is 10.9. The molecule has 0 amide bonds. The first kappa shape index (κ1) is 14.9. The quantitative estimate of drug-likeness (QED) is 0.839. The molecule has 2 N–H and O–H groups in total. The Labute approximate surface area is 120 Å². The summed E-state index contributed by atoms with van der Waals surface area (Å²) >= 11 is 0. The molecule has 110 valence electrons. The van der Waals surface area contributed by atoms with Crippen LogP contribution in [0.1, 0.15) is 39.2 Å². The molecule has 0 saturated carbocycles. The van der Waals surface area contributed by atoms with Gasteiger partial charge in [-0.2, -0.15) is 0 Å². The molecule has 0 aliphatic carbocycles. The second-order valence-corrected chi connectivity index (χ2v) is 6.22. The monoisotopic (exact) mass is 277 g/mol. The van der Waals surface area contributed by atoms with Gasteiger partial charge in [0.15, 0.2) is 0 Å². The van der Waals surface area contributed by atoms with Gasteiger partial charge in [0.1, 0.15) is 11.4 Å². The molecule has 20 heavy (non-hydrogen) atoms. The number of carboxylic acids is 1. The minimum atomic E-state index is -0.824. The van der Waals surface area contributed by atoms with Crippen LogP contribution < -0.4 is 10.1 Å². The maximum Gasteiger partial charge on any atom is 0.307 e. The Bertz CT molecular complexity index is 475. The van der Waals surface area contributed by atoms with E-state index in [0.717, 1.165) is 12.2 Å². The molecule has 0 radical (unpaired) electrons. The van der Waals surface area contributed by atoms with Crippen LogP contribution in [0.3, 0.4) is 0 Å². The summed E-state index contributed by atoms with van der Waals surface area (Å²) in [5, 5.41) is 12.1. The second-order valence-electron chi connectivity index (χ2n) is 6.22. The Morgan fingerprint density at radius 1 is 1.35 bits per heavy atom. The van der Waals surface area contributed by atoms with Crippen molar-refractivity contribution in [3.05, 3.63) is 29.8 Å². The molecule has 0 bridgehead atoms. The van der Waals surface area contributed by atoms with Crippen LogP contribution in [0.2, 0.25) is 0 Å². The number of hydrogen-bond donors (Lipinski definition) is 2. The van der Waals surface area contributed by atoms with Crippen molar-refractivity contribution in [2.45, 2.75) is 44.6 Å². The number of ether oxygens (including phenoxy) is 1. The maximum absolute atomic E-state index is 10.9. The van der Waals surface area contributed by atoms with E-state index in [-0.39, 0.29) is 11.8 Å². The van der Waals surface area contributed by atoms with Gasteiger partial charge in [0.05, 0.1) is 6.42 Å². The fraction of sp³-hybridized carbons (Fsp3) is 0.562. The average molecular weight is 277 g/mol. The molecule has 4 heteroatoms. The van der Waals surface area contributed by atoms with Crippen LogP contribution in [0.4, 0.5) is 0 Å². The smallest absolute Gasteiger partial charge is 0.307 e. The zero-order valence-electron chi connectivity index (χ0n) is 12.4. The molecule has 0 unspecified atom stereocenters. The third kappa shape index (κ3) is 3.12. The van der Waals surface area contributed by atoms with E-state index in [1.807, 2.05) is 12.1 Å². The summed E-state index contributed by atoms with van der Waals surface area (Å²) in [5.41, 5.74) is 0.828. The van der Waals surface area contributed by atoms with Gasteiger partial charge in [-0.15, -0.1) is 0 Å². The van der Waals surface area contributed by atoms with Crippen molar-refractivity contribution in [1.29, 1.82) is 0 Å². The number of rotatable bonds is 6. The number of aliphatic carboxylic acids is 1. The Kier molecular flexibility index (Phi) is 4.04. The summed E-state index contributed by atoms with van der Waals surface area (Å²) in [6.45, 7) is 7.77. The van der Waals surface area contributed by atoms with Gasteiger partial charge in [0, 0.05) is 13.1 Å². The van der Waals surface area contributed by atoms with E-state index in [1.165, 1.54) is 5.56 Å². The molecule has 1 heterocycles. The van der Waals surface area contributed by atoms with Crippen LogP contribution in [0.25, 0.3) is 0 Å². The van der Waals surface area contributed by atoms with Gasteiger partial charge in [0.25, 0.3) is 0 Å². The molecule has 1 fully saturated rings. The van der Waals surface area contributed by atoms with Gasteiger partial charge in [-0.1, -0.05) is 32.9 Å². The number of benzene rings is 1. The van der Waals surface area contributed by atoms with E-state index in [4.69, 9.17) is 9.84 Å². The molecular formula is C16H23NO3. The lowest BCUT2D eigenvalue weighted by molar-refractivity contribution is -0.143. The van der Waals surface area contributed by atoms with Crippen molar-refractivity contribution < 1.29 is 14.6 Å². The summed E-state index contributed by atoms with van der Waals surface area (Å²) in [6.07, 6.45) is 1.10. The van der Waals surface area contributed by atoms with Gasteiger partial charge in [-0.3, -0.25) is 4.79 Å². The summed E-state index contributed by atoms with van der Waals surface area (Å²) in [4.78, 5) is 10.9. The van der Waals surface area contributed by atoms with Gasteiger partial charge < -0.3 is 15.2 Å². The van der Waals surface area contributed by atoms with E-state index in [9.17, 15) is 4.79 Å². The molecule has 4 nitrogen and oxygen atoms in total. The van der Waals surface area contributed by atoms with Crippen molar-refractivity contribution in [2.75, 3.05) is 13.1 Å². The zero-order chi connectivity index (χ0) is 14.8. The molecular weight excluding hydrogens is 254 g/mol. The van der Waals surface area contributed by atoms with Crippen LogP contribution in [-0.2, 0) is 10.2 Å². The van der Waals surface area contributed by atoms with E-state index in [1.54, 1.807) is 0 Å². The predicted octanol–water partition coefficient (Wildman–Crippen LogP) is 2.57. The highest BCUT2D eigenvalue weighted by Crippen LogP contribution is 2.30. The molecule has 1 aromatic rings. The average Bonchev–Trinajstić information content (AvgIpc) is 2.36. The lowest BCUT2D eigenvalue weighted by Crippen LogP contribution is -2.64. The topological polar surface area (TPSA) is 58.6 Å². The zero-order valence-corrected chi connectivity index (χ0v) is 12.4. The molecule has 1 aliphatic rings. The largest absolute Gasteiger partial charge is 0.484 e. The molecule has 0 spiro atoms. The fourth-order valence-electron chi connectivity index (χ4n) is 2.34. The van der Waals surface area contributed by atoms with E-state index < -0.39 is 11.6 Å². The van der Waals surface area contributed by atoms with Gasteiger partial charge in [-0.05, 0) is 29.5 Å². The standard InChI is InChI=1S/C16H23NO3/c1-4-15(2,3)12-5-7-13(8-6-12)20-16(9-14(18)19)10-17-11-16/h5-8,17H,4,9-11H2,1-3H3,(H,18,19). The van der Waals surface area contributed by atoms with Gasteiger partial charge in [0.2, 0.25) is 0 Å². The fourth-order valence-corrected chi connectivity index (χ4v) is 2.34. The first-order valence-electron chi connectivity index (χ1n) is 7.09. The number of carbonyl (C=O) groups is 1. The lowest BCUT2D eigenvalue weighted by Gasteiger charge is -2.41. The summed E-state index contributed by atoms with van der Waals surface area (Å²) in [7, 11) is 0. The predicted molar refractivity (Wildman–Crippen MR) is 78.2 cm³/mol. The van der Waals surface area contributed by atoms with Gasteiger partial charge >= 0.3 is 5.97 Å². The lowest BCUT2D eigenvalue weighted by atomic mass is 9.82. The molecule has 2 rings (SSSR count). The van der Waals surface area contributed by atoms with Crippen LogP contribution >= 0.6 is 0 Å². The minimum Gasteiger partial charge on any atom is -0.484 e. The van der Waals surface area contributed by atoms with Crippen molar-refractivity contribution in [3.63, 3.8) is 0 Å². The van der Waals surface area contributed by atoms with Crippen molar-refractivity contribution in [1.82, 2.24) is 5.32 Å². The molecule has 1 saturated heterocycles. The Hall–Kier alpha value is -1.55. The molecule has 1 aliphatic heterocycles. The molecule has 1 aromatic carbocycles. The van der Waals surface area contributed by atoms with Gasteiger partial charge in [-0.25, -0.2) is 0 Å². The van der Waals surface area contributed by atoms with Crippen molar-refractivity contribution in [2.24, 2.45) is 0 Å². The SMILES string of the molecule is CCC(C)(C)c1ccc(OC2(CC(=O)O)CNC2)cc1. The Morgan fingerprint density at radius 2 is 1.95 bits per heavy atom. The van der Waals surface area contributed by atoms with Crippen LogP contribution in [0.15, 0.2) is 24.3 Å². The number of hydrogen-bond acceptors (Lipinski definition) is 3. The van der Waals surface area contributed by atoms with Crippen molar-refractivity contribution in [3.8, 4) is 5.75 Å².